The third-order valence-electron chi connectivity index (χ3n) is 2.84. The van der Waals surface area contributed by atoms with Crippen LogP contribution in [0.4, 0.5) is 0 Å². The molecule has 0 atom stereocenters. The number of carbonyl (C=O) groups excluding carboxylic acids is 1. The number of carbonyl (C=O) groups is 1. The second-order valence-corrected chi connectivity index (χ2v) is 5.50. The van der Waals surface area contributed by atoms with Crippen LogP contribution in [0.1, 0.15) is 63.9 Å². The van der Waals surface area contributed by atoms with Gasteiger partial charge in [0.25, 0.3) is 5.91 Å². The molecule has 0 saturated carbocycles. The van der Waals surface area contributed by atoms with Crippen molar-refractivity contribution in [3.63, 3.8) is 0 Å². The molecule has 0 fully saturated rings. The molecule has 0 radical (unpaired) electrons. The lowest BCUT2D eigenvalue weighted by atomic mass is 9.96. The molecule has 0 bridgehead atoms. The Hall–Kier alpha value is -1.39. The lowest BCUT2D eigenvalue weighted by Crippen LogP contribution is -2.32. The van der Waals surface area contributed by atoms with Crippen molar-refractivity contribution in [3.05, 3.63) is 11.6 Å². The topological polar surface area (TPSA) is 61.9 Å². The smallest absolute Gasteiger partial charge is 0.293 e. The van der Waals surface area contributed by atoms with Crippen LogP contribution in [0.15, 0.2) is 0 Å². The molecule has 1 heterocycles. The number of nitrogens with zero attached hydrogens (tertiary/aromatic N) is 3. The van der Waals surface area contributed by atoms with Gasteiger partial charge in [-0.05, 0) is 13.3 Å². The fourth-order valence-electron chi connectivity index (χ4n) is 1.59. The number of rotatable bonds is 5. The molecule has 5 heteroatoms. The summed E-state index contributed by atoms with van der Waals surface area (Å²) >= 11 is 0. The van der Waals surface area contributed by atoms with E-state index < -0.39 is 0 Å². The fraction of sp³-hybridized carbons (Fsp3) is 0.769. The zero-order valence-electron chi connectivity index (χ0n) is 12.1. The first-order valence-electron chi connectivity index (χ1n) is 6.62. The highest BCUT2D eigenvalue weighted by molar-refractivity contribution is 5.90. The van der Waals surface area contributed by atoms with E-state index in [9.17, 15) is 4.79 Å². The Kier molecular flexibility index (Phi) is 4.87. The summed E-state index contributed by atoms with van der Waals surface area (Å²) in [6, 6.07) is 0. The number of amides is 1. The molecular weight excluding hydrogens is 228 g/mol. The first-order chi connectivity index (χ1) is 8.40. The van der Waals surface area contributed by atoms with Crippen LogP contribution in [-0.4, -0.2) is 39.1 Å². The van der Waals surface area contributed by atoms with E-state index in [1.807, 2.05) is 27.7 Å². The summed E-state index contributed by atoms with van der Waals surface area (Å²) in [6.45, 7) is 11.7. The molecule has 0 spiro atoms. The summed E-state index contributed by atoms with van der Waals surface area (Å²) in [5, 5.41) is 6.89. The Morgan fingerprint density at radius 2 is 2.00 bits per heavy atom. The Balaban J connectivity index is 2.79. The van der Waals surface area contributed by atoms with Gasteiger partial charge in [-0.3, -0.25) is 9.89 Å². The van der Waals surface area contributed by atoms with Gasteiger partial charge in [-0.2, -0.15) is 0 Å². The maximum absolute atomic E-state index is 12.2. The van der Waals surface area contributed by atoms with Gasteiger partial charge in [0.1, 0.15) is 5.82 Å². The second-order valence-electron chi connectivity index (χ2n) is 5.50. The molecule has 5 nitrogen and oxygen atoms in total. The molecule has 0 aliphatic carbocycles. The zero-order valence-corrected chi connectivity index (χ0v) is 12.1. The molecule has 0 aliphatic heterocycles. The monoisotopic (exact) mass is 252 g/mol. The Morgan fingerprint density at radius 3 is 2.44 bits per heavy atom. The second kappa shape index (κ2) is 5.98. The van der Waals surface area contributed by atoms with Crippen LogP contribution in [0.5, 0.6) is 0 Å². The number of H-pyrrole nitrogens is 1. The first kappa shape index (κ1) is 14.7. The number of aromatic amines is 1. The third-order valence-corrected chi connectivity index (χ3v) is 2.84. The van der Waals surface area contributed by atoms with E-state index in [1.165, 1.54) is 0 Å². The summed E-state index contributed by atoms with van der Waals surface area (Å²) in [4.78, 5) is 18.3. The Bertz CT molecular complexity index is 392. The molecule has 1 amide bonds. The summed E-state index contributed by atoms with van der Waals surface area (Å²) in [7, 11) is 0. The predicted octanol–water partition coefficient (Wildman–Crippen LogP) is 2.36. The van der Waals surface area contributed by atoms with E-state index in [1.54, 1.807) is 4.90 Å². The van der Waals surface area contributed by atoms with Gasteiger partial charge in [0.2, 0.25) is 5.82 Å². The molecule has 0 aliphatic rings. The maximum Gasteiger partial charge on any atom is 0.293 e. The lowest BCUT2D eigenvalue weighted by Gasteiger charge is -2.18. The van der Waals surface area contributed by atoms with Crippen molar-refractivity contribution in [2.45, 2.75) is 52.9 Å². The largest absolute Gasteiger partial charge is 0.336 e. The van der Waals surface area contributed by atoms with Crippen molar-refractivity contribution in [2.75, 3.05) is 13.1 Å². The van der Waals surface area contributed by atoms with Crippen LogP contribution < -0.4 is 0 Å². The summed E-state index contributed by atoms with van der Waals surface area (Å²) in [5.74, 6) is 0.938. The number of aromatic nitrogens is 3. The van der Waals surface area contributed by atoms with Crippen LogP contribution in [0, 0.1) is 0 Å². The normalized spacial score (nSPS) is 11.6. The SMILES string of the molecule is CCCCN(CC)C(=O)c1n[nH]c(C(C)(C)C)n1. The number of hydrogen-bond donors (Lipinski definition) is 1. The molecule has 1 aromatic rings. The highest BCUT2D eigenvalue weighted by Gasteiger charge is 2.23. The van der Waals surface area contributed by atoms with E-state index >= 15 is 0 Å². The standard InChI is InChI=1S/C13H24N4O/c1-6-8-9-17(7-2)11(18)10-14-12(16-15-10)13(3,4)5/h6-9H2,1-5H3,(H,14,15,16). The van der Waals surface area contributed by atoms with Crippen LogP contribution in [0.25, 0.3) is 0 Å². The van der Waals surface area contributed by atoms with Gasteiger partial charge >= 0.3 is 0 Å². The van der Waals surface area contributed by atoms with Gasteiger partial charge in [-0.15, -0.1) is 5.10 Å². The van der Waals surface area contributed by atoms with Crippen molar-refractivity contribution < 1.29 is 4.79 Å². The molecule has 102 valence electrons. The van der Waals surface area contributed by atoms with Crippen molar-refractivity contribution >= 4 is 5.91 Å². The van der Waals surface area contributed by atoms with Gasteiger partial charge in [0.15, 0.2) is 0 Å². The first-order valence-corrected chi connectivity index (χ1v) is 6.62. The van der Waals surface area contributed by atoms with Gasteiger partial charge in [-0.25, -0.2) is 4.98 Å². The van der Waals surface area contributed by atoms with E-state index in [4.69, 9.17) is 0 Å². The Morgan fingerprint density at radius 1 is 1.33 bits per heavy atom. The summed E-state index contributed by atoms with van der Waals surface area (Å²) in [5.41, 5.74) is -0.119. The Labute approximate surface area is 109 Å². The molecule has 18 heavy (non-hydrogen) atoms. The predicted molar refractivity (Wildman–Crippen MR) is 71.6 cm³/mol. The van der Waals surface area contributed by atoms with Gasteiger partial charge in [-0.1, -0.05) is 34.1 Å². The van der Waals surface area contributed by atoms with Gasteiger partial charge < -0.3 is 4.90 Å². The van der Waals surface area contributed by atoms with Crippen LogP contribution in [-0.2, 0) is 5.41 Å². The van der Waals surface area contributed by atoms with E-state index in [0.29, 0.717) is 6.54 Å². The fourth-order valence-corrected chi connectivity index (χ4v) is 1.59. The molecule has 0 unspecified atom stereocenters. The average molecular weight is 252 g/mol. The van der Waals surface area contributed by atoms with Crippen LogP contribution in [0.2, 0.25) is 0 Å². The highest BCUT2D eigenvalue weighted by Crippen LogP contribution is 2.17. The minimum atomic E-state index is -0.119. The van der Waals surface area contributed by atoms with Crippen molar-refractivity contribution in [3.8, 4) is 0 Å². The quantitative estimate of drug-likeness (QED) is 0.875. The maximum atomic E-state index is 12.2. The molecule has 1 rings (SSSR count). The van der Waals surface area contributed by atoms with Gasteiger partial charge in [0.05, 0.1) is 0 Å². The molecule has 1 N–H and O–H groups in total. The number of unbranched alkanes of at least 4 members (excludes halogenated alkanes) is 1. The summed E-state index contributed by atoms with van der Waals surface area (Å²) < 4.78 is 0. The zero-order chi connectivity index (χ0) is 13.8. The van der Waals surface area contributed by atoms with E-state index in [0.717, 1.165) is 25.2 Å². The van der Waals surface area contributed by atoms with Gasteiger partial charge in [0, 0.05) is 18.5 Å². The molecule has 1 aromatic heterocycles. The van der Waals surface area contributed by atoms with Crippen LogP contribution >= 0.6 is 0 Å². The van der Waals surface area contributed by atoms with E-state index in [-0.39, 0.29) is 17.1 Å². The molecular formula is C13H24N4O. The van der Waals surface area contributed by atoms with Crippen molar-refractivity contribution in [2.24, 2.45) is 0 Å². The lowest BCUT2D eigenvalue weighted by molar-refractivity contribution is 0.0750. The molecule has 0 aromatic carbocycles. The minimum absolute atomic E-state index is 0.0855. The number of nitrogens with one attached hydrogen (secondary N) is 1. The van der Waals surface area contributed by atoms with Crippen LogP contribution in [0.3, 0.4) is 0 Å². The third kappa shape index (κ3) is 3.55. The minimum Gasteiger partial charge on any atom is -0.336 e. The summed E-state index contributed by atoms with van der Waals surface area (Å²) in [6.07, 6.45) is 2.08. The van der Waals surface area contributed by atoms with E-state index in [2.05, 4.69) is 22.1 Å². The van der Waals surface area contributed by atoms with Crippen molar-refractivity contribution in [1.29, 1.82) is 0 Å². The number of hydrogen-bond acceptors (Lipinski definition) is 3. The van der Waals surface area contributed by atoms with Crippen molar-refractivity contribution in [1.82, 2.24) is 20.1 Å². The highest BCUT2D eigenvalue weighted by atomic mass is 16.2. The average Bonchev–Trinajstić information content (AvgIpc) is 2.78. The molecule has 0 saturated heterocycles.